The predicted molar refractivity (Wildman–Crippen MR) is 55.1 cm³/mol. The molecule has 0 unspecified atom stereocenters. The first-order valence-corrected chi connectivity index (χ1v) is 3.66. The molecule has 0 aliphatic rings. The van der Waals surface area contributed by atoms with Crippen LogP contribution in [0.4, 0.5) is 0 Å². The summed E-state index contributed by atoms with van der Waals surface area (Å²) in [5.41, 5.74) is 1.69. The van der Waals surface area contributed by atoms with Gasteiger partial charge < -0.3 is 0 Å². The van der Waals surface area contributed by atoms with E-state index >= 15 is 0 Å². The highest BCUT2D eigenvalue weighted by Gasteiger charge is 2.11. The van der Waals surface area contributed by atoms with Crippen molar-refractivity contribution in [2.45, 2.75) is 26.2 Å². The molecular formula is C10H17B. The van der Waals surface area contributed by atoms with E-state index in [0.29, 0.717) is 5.41 Å². The Balaban J connectivity index is 0.000001000. The van der Waals surface area contributed by atoms with Crippen LogP contribution in [0.2, 0.25) is 0 Å². The average Bonchev–Trinajstić information content (AvgIpc) is 1.88. The van der Waals surface area contributed by atoms with E-state index in [9.17, 15) is 0 Å². The summed E-state index contributed by atoms with van der Waals surface area (Å²) in [7, 11) is 0. The highest BCUT2D eigenvalue weighted by atomic mass is 14.2. The molecule has 0 N–H and O–H groups in total. The van der Waals surface area contributed by atoms with Crippen molar-refractivity contribution < 1.29 is 0 Å². The minimum atomic E-state index is 0. The summed E-state index contributed by atoms with van der Waals surface area (Å²) in [4.78, 5) is 0. The molecule has 1 rings (SSSR count). The Morgan fingerprint density at radius 3 is 1.64 bits per heavy atom. The smallest absolute Gasteiger partial charge is 0.0622 e. The molecule has 0 saturated heterocycles. The summed E-state index contributed by atoms with van der Waals surface area (Å²) < 4.78 is 0. The zero-order valence-electron chi connectivity index (χ0n) is 6.89. The lowest BCUT2D eigenvalue weighted by atomic mass is 9.87. The van der Waals surface area contributed by atoms with Gasteiger partial charge in [-0.05, 0) is 11.0 Å². The first-order chi connectivity index (χ1) is 4.61. The van der Waals surface area contributed by atoms with Crippen LogP contribution >= 0.6 is 0 Å². The molecular weight excluding hydrogens is 131 g/mol. The molecule has 0 radical (unpaired) electrons. The van der Waals surface area contributed by atoms with Crippen molar-refractivity contribution in [3.05, 3.63) is 35.9 Å². The van der Waals surface area contributed by atoms with Crippen LogP contribution in [0.15, 0.2) is 30.3 Å². The molecule has 0 aromatic heterocycles. The Labute approximate surface area is 71.2 Å². The van der Waals surface area contributed by atoms with Gasteiger partial charge in [0.1, 0.15) is 0 Å². The summed E-state index contributed by atoms with van der Waals surface area (Å²) in [5, 5.41) is 0. The van der Waals surface area contributed by atoms with Gasteiger partial charge in [0, 0.05) is 0 Å². The molecule has 0 aliphatic carbocycles. The Kier molecular flexibility index (Phi) is 3.38. The summed E-state index contributed by atoms with van der Waals surface area (Å²) in [6.07, 6.45) is 0. The second-order valence-electron chi connectivity index (χ2n) is 3.62. The highest BCUT2D eigenvalue weighted by Crippen LogP contribution is 2.20. The van der Waals surface area contributed by atoms with Gasteiger partial charge in [0.15, 0.2) is 0 Å². The molecule has 1 aromatic rings. The van der Waals surface area contributed by atoms with Gasteiger partial charge in [-0.1, -0.05) is 51.1 Å². The maximum Gasteiger partial charge on any atom is 0.0814 e. The third-order valence-corrected chi connectivity index (χ3v) is 1.64. The van der Waals surface area contributed by atoms with E-state index in [2.05, 4.69) is 51.1 Å². The molecule has 0 aliphatic heterocycles. The Morgan fingerprint density at radius 2 is 1.36 bits per heavy atom. The van der Waals surface area contributed by atoms with Gasteiger partial charge >= 0.3 is 0 Å². The van der Waals surface area contributed by atoms with Gasteiger partial charge in [-0.3, -0.25) is 0 Å². The SMILES string of the molecule is B.CC(C)(C)c1ccccc1. The van der Waals surface area contributed by atoms with E-state index < -0.39 is 0 Å². The molecule has 11 heavy (non-hydrogen) atoms. The van der Waals surface area contributed by atoms with Gasteiger partial charge in [-0.15, -0.1) is 0 Å². The molecule has 0 fully saturated rings. The van der Waals surface area contributed by atoms with Gasteiger partial charge in [-0.25, -0.2) is 0 Å². The fourth-order valence-corrected chi connectivity index (χ4v) is 0.938. The molecule has 0 heterocycles. The van der Waals surface area contributed by atoms with Crippen molar-refractivity contribution in [1.29, 1.82) is 0 Å². The van der Waals surface area contributed by atoms with Crippen LogP contribution in [0.5, 0.6) is 0 Å². The molecule has 0 nitrogen and oxygen atoms in total. The van der Waals surface area contributed by atoms with Crippen molar-refractivity contribution in [2.24, 2.45) is 0 Å². The average molecular weight is 148 g/mol. The Bertz CT molecular complexity index is 196. The van der Waals surface area contributed by atoms with Gasteiger partial charge in [0.25, 0.3) is 0 Å². The lowest BCUT2D eigenvalue weighted by Crippen LogP contribution is -2.10. The zero-order chi connectivity index (χ0) is 7.61. The van der Waals surface area contributed by atoms with E-state index in [0.717, 1.165) is 0 Å². The van der Waals surface area contributed by atoms with E-state index in [1.165, 1.54) is 5.56 Å². The maximum absolute atomic E-state index is 2.22. The molecule has 0 amide bonds. The predicted octanol–water partition coefficient (Wildman–Crippen LogP) is 1.80. The molecule has 0 atom stereocenters. The Hall–Kier alpha value is -0.715. The lowest BCUT2D eigenvalue weighted by molar-refractivity contribution is 0.590. The molecule has 60 valence electrons. The lowest BCUT2D eigenvalue weighted by Gasteiger charge is -2.18. The zero-order valence-corrected chi connectivity index (χ0v) is 6.89. The topological polar surface area (TPSA) is 0 Å². The first kappa shape index (κ1) is 10.3. The molecule has 0 saturated carbocycles. The number of rotatable bonds is 0. The highest BCUT2D eigenvalue weighted by molar-refractivity contribution is 5.75. The standard InChI is InChI=1S/C10H14.BH3/c1-10(2,3)9-7-5-4-6-8-9;/h4-8H,1-3H3;1H3. The van der Waals surface area contributed by atoms with Crippen LogP contribution < -0.4 is 0 Å². The molecule has 0 spiro atoms. The summed E-state index contributed by atoms with van der Waals surface area (Å²) in [6.45, 7) is 6.67. The number of hydrogen-bond acceptors (Lipinski definition) is 0. The van der Waals surface area contributed by atoms with Crippen LogP contribution in [-0.2, 0) is 5.41 Å². The quantitative estimate of drug-likeness (QED) is 0.492. The normalized spacial score (nSPS) is 10.5. The summed E-state index contributed by atoms with van der Waals surface area (Å²) >= 11 is 0. The second kappa shape index (κ2) is 3.61. The van der Waals surface area contributed by atoms with Crippen molar-refractivity contribution in [3.63, 3.8) is 0 Å². The van der Waals surface area contributed by atoms with Crippen molar-refractivity contribution in [2.75, 3.05) is 0 Å². The van der Waals surface area contributed by atoms with Gasteiger partial charge in [-0.2, -0.15) is 0 Å². The van der Waals surface area contributed by atoms with Crippen LogP contribution in [-0.4, -0.2) is 8.41 Å². The fourth-order valence-electron chi connectivity index (χ4n) is 0.938. The number of hydrogen-bond donors (Lipinski definition) is 0. The van der Waals surface area contributed by atoms with Gasteiger partial charge in [0.2, 0.25) is 0 Å². The van der Waals surface area contributed by atoms with Gasteiger partial charge in [0.05, 0.1) is 8.41 Å². The Morgan fingerprint density at radius 1 is 0.909 bits per heavy atom. The van der Waals surface area contributed by atoms with Crippen molar-refractivity contribution >= 4 is 8.41 Å². The van der Waals surface area contributed by atoms with Crippen LogP contribution in [0.3, 0.4) is 0 Å². The minimum Gasteiger partial charge on any atom is -0.0622 e. The van der Waals surface area contributed by atoms with E-state index in [1.807, 2.05) is 0 Å². The van der Waals surface area contributed by atoms with Crippen molar-refractivity contribution in [1.82, 2.24) is 0 Å². The molecule has 1 heteroatoms. The molecule has 1 aromatic carbocycles. The van der Waals surface area contributed by atoms with Crippen molar-refractivity contribution in [3.8, 4) is 0 Å². The fraction of sp³-hybridized carbons (Fsp3) is 0.400. The van der Waals surface area contributed by atoms with E-state index in [1.54, 1.807) is 0 Å². The maximum atomic E-state index is 2.22. The minimum absolute atomic E-state index is 0. The third kappa shape index (κ3) is 2.79. The van der Waals surface area contributed by atoms with E-state index in [-0.39, 0.29) is 8.41 Å². The second-order valence-corrected chi connectivity index (χ2v) is 3.62. The van der Waals surface area contributed by atoms with Crippen LogP contribution in [0.1, 0.15) is 26.3 Å². The third-order valence-electron chi connectivity index (χ3n) is 1.64. The van der Waals surface area contributed by atoms with E-state index in [4.69, 9.17) is 0 Å². The first-order valence-electron chi connectivity index (χ1n) is 3.66. The molecule has 0 bridgehead atoms. The monoisotopic (exact) mass is 148 g/mol. The summed E-state index contributed by atoms with van der Waals surface area (Å²) in [6, 6.07) is 10.6. The number of benzene rings is 1. The largest absolute Gasteiger partial charge is 0.0814 e. The van der Waals surface area contributed by atoms with Crippen LogP contribution in [0.25, 0.3) is 0 Å². The summed E-state index contributed by atoms with van der Waals surface area (Å²) in [5.74, 6) is 0. The van der Waals surface area contributed by atoms with Crippen LogP contribution in [0, 0.1) is 0 Å².